The summed E-state index contributed by atoms with van der Waals surface area (Å²) in [6.07, 6.45) is -4.65. The highest BCUT2D eigenvalue weighted by atomic mass is 19.4. The third-order valence-corrected chi connectivity index (χ3v) is 3.70. The molecule has 1 aliphatic rings. The molecule has 1 aromatic carbocycles. The Bertz CT molecular complexity index is 450. The van der Waals surface area contributed by atoms with Crippen LogP contribution in [-0.2, 0) is 0 Å². The van der Waals surface area contributed by atoms with E-state index in [1.165, 1.54) is 12.1 Å². The first-order valence-corrected chi connectivity index (χ1v) is 6.92. The van der Waals surface area contributed by atoms with Crippen molar-refractivity contribution in [3.05, 3.63) is 29.8 Å². The summed E-state index contributed by atoms with van der Waals surface area (Å²) >= 11 is 0. The molecule has 0 bridgehead atoms. The van der Waals surface area contributed by atoms with Crippen LogP contribution in [0.5, 0.6) is 5.75 Å². The van der Waals surface area contributed by atoms with E-state index in [2.05, 4.69) is 27.8 Å². The molecule has 1 saturated heterocycles. The molecule has 2 rings (SSSR count). The van der Waals surface area contributed by atoms with Gasteiger partial charge in [0, 0.05) is 31.1 Å². The summed E-state index contributed by atoms with van der Waals surface area (Å²) in [7, 11) is 0. The largest absolute Gasteiger partial charge is 0.573 e. The molecule has 1 fully saturated rings. The van der Waals surface area contributed by atoms with Crippen molar-refractivity contribution < 1.29 is 17.9 Å². The van der Waals surface area contributed by atoms with Crippen LogP contribution in [0.3, 0.4) is 0 Å². The van der Waals surface area contributed by atoms with Gasteiger partial charge in [-0.15, -0.1) is 13.2 Å². The number of ether oxygens (including phenoxy) is 1. The van der Waals surface area contributed by atoms with Crippen LogP contribution in [0.1, 0.15) is 25.5 Å². The third kappa shape index (κ3) is 4.87. The van der Waals surface area contributed by atoms with E-state index in [-0.39, 0.29) is 11.8 Å². The molecule has 0 aliphatic carbocycles. The Hall–Kier alpha value is -1.31. The predicted octanol–water partition coefficient (Wildman–Crippen LogP) is 2.35. The van der Waals surface area contributed by atoms with Crippen LogP contribution in [0, 0.1) is 5.92 Å². The van der Waals surface area contributed by atoms with Crippen LogP contribution in [0.15, 0.2) is 24.3 Å². The number of benzene rings is 1. The molecular weight excluding hydrogens is 283 g/mol. The van der Waals surface area contributed by atoms with Gasteiger partial charge in [0.15, 0.2) is 0 Å². The zero-order chi connectivity index (χ0) is 15.5. The van der Waals surface area contributed by atoms with Gasteiger partial charge in [0.1, 0.15) is 5.75 Å². The van der Waals surface area contributed by atoms with E-state index in [1.54, 1.807) is 12.1 Å². The second-order valence-electron chi connectivity index (χ2n) is 5.32. The fraction of sp³-hybridized carbons (Fsp3) is 0.571. The Morgan fingerprint density at radius 3 is 2.52 bits per heavy atom. The Morgan fingerprint density at radius 2 is 2.00 bits per heavy atom. The summed E-state index contributed by atoms with van der Waals surface area (Å²) < 4.78 is 40.1. The maximum absolute atomic E-state index is 12.1. The number of hydrogen-bond donors (Lipinski definition) is 3. The number of hydrogen-bond acceptors (Lipinski definition) is 4. The van der Waals surface area contributed by atoms with Gasteiger partial charge in [0.25, 0.3) is 0 Å². The molecule has 118 valence electrons. The summed E-state index contributed by atoms with van der Waals surface area (Å²) in [5, 5.41) is 3.40. The number of rotatable bonds is 5. The number of halogens is 3. The van der Waals surface area contributed by atoms with Gasteiger partial charge in [0.05, 0.1) is 0 Å². The second kappa shape index (κ2) is 6.64. The summed E-state index contributed by atoms with van der Waals surface area (Å²) in [4.78, 5) is 0. The van der Waals surface area contributed by atoms with Crippen LogP contribution in [0.4, 0.5) is 13.2 Å². The molecular formula is C14H20F3N3O. The summed E-state index contributed by atoms with van der Waals surface area (Å²) in [5.74, 6) is 0.288. The highest BCUT2D eigenvalue weighted by molar-refractivity contribution is 5.29. The molecule has 1 aromatic rings. The normalized spacial score (nSPS) is 24.0. The van der Waals surface area contributed by atoms with Gasteiger partial charge in [-0.1, -0.05) is 12.1 Å². The maximum atomic E-state index is 12.1. The van der Waals surface area contributed by atoms with Gasteiger partial charge in [-0.3, -0.25) is 10.9 Å². The molecule has 0 saturated carbocycles. The summed E-state index contributed by atoms with van der Waals surface area (Å²) in [6, 6.07) is 6.43. The average molecular weight is 303 g/mol. The molecule has 0 amide bonds. The monoisotopic (exact) mass is 303 g/mol. The number of alkyl halides is 3. The van der Waals surface area contributed by atoms with Crippen LogP contribution >= 0.6 is 0 Å². The molecule has 7 heteroatoms. The van der Waals surface area contributed by atoms with Crippen LogP contribution < -0.4 is 20.9 Å². The van der Waals surface area contributed by atoms with Crippen LogP contribution in [0.2, 0.25) is 0 Å². The van der Waals surface area contributed by atoms with Crippen LogP contribution in [-0.4, -0.2) is 25.5 Å². The lowest BCUT2D eigenvalue weighted by Gasteiger charge is -2.19. The van der Waals surface area contributed by atoms with E-state index in [9.17, 15) is 13.2 Å². The first kappa shape index (κ1) is 16.1. The lowest BCUT2D eigenvalue weighted by molar-refractivity contribution is -0.274. The molecule has 3 unspecified atom stereocenters. The van der Waals surface area contributed by atoms with Gasteiger partial charge in [-0.05, 0) is 31.5 Å². The Balaban J connectivity index is 1.86. The first-order valence-electron chi connectivity index (χ1n) is 6.92. The van der Waals surface area contributed by atoms with Crippen molar-refractivity contribution in [3.63, 3.8) is 0 Å². The smallest absolute Gasteiger partial charge is 0.406 e. The van der Waals surface area contributed by atoms with E-state index in [0.717, 1.165) is 18.7 Å². The first-order chi connectivity index (χ1) is 9.85. The van der Waals surface area contributed by atoms with Gasteiger partial charge in [-0.2, -0.15) is 0 Å². The molecule has 1 aliphatic heterocycles. The number of hydrazine groups is 1. The predicted molar refractivity (Wildman–Crippen MR) is 73.6 cm³/mol. The topological polar surface area (TPSA) is 45.3 Å². The lowest BCUT2D eigenvalue weighted by Crippen LogP contribution is -2.33. The minimum Gasteiger partial charge on any atom is -0.406 e. The minimum atomic E-state index is -4.65. The van der Waals surface area contributed by atoms with Crippen molar-refractivity contribution in [3.8, 4) is 5.75 Å². The molecule has 3 atom stereocenters. The van der Waals surface area contributed by atoms with E-state index in [4.69, 9.17) is 0 Å². The highest BCUT2D eigenvalue weighted by Gasteiger charge is 2.31. The molecule has 0 aromatic heterocycles. The fourth-order valence-electron chi connectivity index (χ4n) is 2.30. The van der Waals surface area contributed by atoms with Crippen molar-refractivity contribution in [1.29, 1.82) is 0 Å². The Labute approximate surface area is 122 Å². The van der Waals surface area contributed by atoms with Crippen LogP contribution in [0.25, 0.3) is 0 Å². The molecule has 21 heavy (non-hydrogen) atoms. The number of nitrogens with one attached hydrogen (secondary N) is 3. The van der Waals surface area contributed by atoms with Crippen molar-refractivity contribution in [2.75, 3.05) is 13.1 Å². The SMILES string of the molecule is CC(NCC1CNNC1C)c1ccc(OC(F)(F)F)cc1. The van der Waals surface area contributed by atoms with E-state index >= 15 is 0 Å². The van der Waals surface area contributed by atoms with Gasteiger partial charge >= 0.3 is 6.36 Å². The lowest BCUT2D eigenvalue weighted by atomic mass is 10.0. The molecule has 0 radical (unpaired) electrons. The molecule has 4 nitrogen and oxygen atoms in total. The summed E-state index contributed by atoms with van der Waals surface area (Å²) in [6.45, 7) is 5.84. The van der Waals surface area contributed by atoms with Crippen molar-refractivity contribution in [1.82, 2.24) is 16.2 Å². The van der Waals surface area contributed by atoms with E-state index in [0.29, 0.717) is 12.0 Å². The van der Waals surface area contributed by atoms with Crippen molar-refractivity contribution in [2.45, 2.75) is 32.3 Å². The molecule has 1 heterocycles. The summed E-state index contributed by atoms with van der Waals surface area (Å²) in [5.41, 5.74) is 7.18. The third-order valence-electron chi connectivity index (χ3n) is 3.70. The maximum Gasteiger partial charge on any atom is 0.573 e. The quantitative estimate of drug-likeness (QED) is 0.781. The zero-order valence-corrected chi connectivity index (χ0v) is 12.0. The highest BCUT2D eigenvalue weighted by Crippen LogP contribution is 2.24. The van der Waals surface area contributed by atoms with E-state index in [1.807, 2.05) is 6.92 Å². The second-order valence-corrected chi connectivity index (χ2v) is 5.32. The average Bonchev–Trinajstić information content (AvgIpc) is 2.80. The van der Waals surface area contributed by atoms with Crippen molar-refractivity contribution in [2.24, 2.45) is 5.92 Å². The van der Waals surface area contributed by atoms with Crippen molar-refractivity contribution >= 4 is 0 Å². The Kier molecular flexibility index (Phi) is 5.08. The minimum absolute atomic E-state index is 0.0673. The Morgan fingerprint density at radius 1 is 1.33 bits per heavy atom. The standard InChI is InChI=1S/C14H20F3N3O/c1-9(18-7-12-8-19-20-10(12)2)11-3-5-13(6-4-11)21-14(15,16)17/h3-6,9-10,12,18-20H,7-8H2,1-2H3. The zero-order valence-electron chi connectivity index (χ0n) is 12.0. The molecule has 0 spiro atoms. The van der Waals surface area contributed by atoms with Gasteiger partial charge < -0.3 is 10.1 Å². The van der Waals surface area contributed by atoms with Gasteiger partial charge in [0.2, 0.25) is 0 Å². The van der Waals surface area contributed by atoms with E-state index < -0.39 is 6.36 Å². The van der Waals surface area contributed by atoms with Gasteiger partial charge in [-0.25, -0.2) is 0 Å². The fourth-order valence-corrected chi connectivity index (χ4v) is 2.30. The molecule has 3 N–H and O–H groups in total.